The highest BCUT2D eigenvalue weighted by atomic mass is 19.3. The highest BCUT2D eigenvalue weighted by Gasteiger charge is 2.40. The number of alkyl halides is 4. The van der Waals surface area contributed by atoms with Gasteiger partial charge in [-0.1, -0.05) is 0 Å². The van der Waals surface area contributed by atoms with Gasteiger partial charge in [0.25, 0.3) is 0 Å². The number of rotatable bonds is 5. The highest BCUT2D eigenvalue weighted by molar-refractivity contribution is 5.92. The second-order valence-electron chi connectivity index (χ2n) is 4.16. The van der Waals surface area contributed by atoms with Crippen LogP contribution in [0.25, 0.3) is 10.8 Å². The van der Waals surface area contributed by atoms with Crippen molar-refractivity contribution in [1.29, 1.82) is 0 Å². The SMILES string of the molecule is COc1ccc2c(NCC(F)(F)C(F)F)nccc2c1. The number of hydrogen-bond donors (Lipinski definition) is 1. The van der Waals surface area contributed by atoms with Crippen LogP contribution >= 0.6 is 0 Å². The van der Waals surface area contributed by atoms with E-state index in [4.69, 9.17) is 4.74 Å². The van der Waals surface area contributed by atoms with Crippen molar-refractivity contribution >= 4 is 16.6 Å². The van der Waals surface area contributed by atoms with E-state index in [1.165, 1.54) is 13.3 Å². The molecule has 7 heteroatoms. The van der Waals surface area contributed by atoms with Crippen molar-refractivity contribution < 1.29 is 22.3 Å². The lowest BCUT2D eigenvalue weighted by molar-refractivity contribution is -0.117. The minimum atomic E-state index is -4.10. The van der Waals surface area contributed by atoms with Crippen LogP contribution in [0.2, 0.25) is 0 Å². The summed E-state index contributed by atoms with van der Waals surface area (Å²) >= 11 is 0. The van der Waals surface area contributed by atoms with Crippen LogP contribution in [0.1, 0.15) is 0 Å². The van der Waals surface area contributed by atoms with Gasteiger partial charge in [-0.05, 0) is 29.7 Å². The van der Waals surface area contributed by atoms with E-state index in [0.29, 0.717) is 16.5 Å². The zero-order valence-electron chi connectivity index (χ0n) is 10.5. The molecule has 0 unspecified atom stereocenters. The van der Waals surface area contributed by atoms with Gasteiger partial charge in [0.1, 0.15) is 11.6 Å². The molecule has 0 saturated carbocycles. The Morgan fingerprint density at radius 2 is 2.05 bits per heavy atom. The van der Waals surface area contributed by atoms with Crippen LogP contribution in [0.3, 0.4) is 0 Å². The van der Waals surface area contributed by atoms with E-state index in [-0.39, 0.29) is 5.82 Å². The van der Waals surface area contributed by atoms with Gasteiger partial charge >= 0.3 is 12.3 Å². The first-order valence-corrected chi connectivity index (χ1v) is 5.76. The van der Waals surface area contributed by atoms with Gasteiger partial charge in [-0.15, -0.1) is 0 Å². The molecular formula is C13H12F4N2O. The van der Waals surface area contributed by atoms with Gasteiger partial charge in [0.2, 0.25) is 0 Å². The van der Waals surface area contributed by atoms with E-state index in [1.54, 1.807) is 24.3 Å². The maximum Gasteiger partial charge on any atom is 0.324 e. The third kappa shape index (κ3) is 2.92. The monoisotopic (exact) mass is 288 g/mol. The molecule has 1 N–H and O–H groups in total. The van der Waals surface area contributed by atoms with Crippen molar-refractivity contribution in [3.8, 4) is 5.75 Å². The van der Waals surface area contributed by atoms with Gasteiger partial charge < -0.3 is 10.1 Å². The molecule has 0 fully saturated rings. The van der Waals surface area contributed by atoms with Crippen molar-refractivity contribution in [2.45, 2.75) is 12.3 Å². The van der Waals surface area contributed by atoms with Crippen LogP contribution in [-0.4, -0.2) is 31.0 Å². The Kier molecular flexibility index (Phi) is 3.96. The number of halogens is 4. The quantitative estimate of drug-likeness (QED) is 0.854. The van der Waals surface area contributed by atoms with Crippen molar-refractivity contribution in [3.63, 3.8) is 0 Å². The predicted octanol–water partition coefficient (Wildman–Crippen LogP) is 3.56. The van der Waals surface area contributed by atoms with Crippen LogP contribution in [-0.2, 0) is 0 Å². The molecule has 1 aromatic carbocycles. The number of aromatic nitrogens is 1. The molecule has 0 spiro atoms. The number of methoxy groups -OCH3 is 1. The van der Waals surface area contributed by atoms with Crippen LogP contribution in [0.5, 0.6) is 5.75 Å². The average Bonchev–Trinajstić information content (AvgIpc) is 2.44. The topological polar surface area (TPSA) is 34.1 Å². The second-order valence-corrected chi connectivity index (χ2v) is 4.16. The molecule has 0 amide bonds. The number of anilines is 1. The molecular weight excluding hydrogens is 276 g/mol. The Morgan fingerprint density at radius 1 is 1.30 bits per heavy atom. The van der Waals surface area contributed by atoms with E-state index in [2.05, 4.69) is 10.3 Å². The Bertz CT molecular complexity index is 604. The van der Waals surface area contributed by atoms with Gasteiger partial charge in [0.15, 0.2) is 0 Å². The zero-order chi connectivity index (χ0) is 14.8. The van der Waals surface area contributed by atoms with Gasteiger partial charge in [-0.25, -0.2) is 13.8 Å². The summed E-state index contributed by atoms with van der Waals surface area (Å²) in [5.41, 5.74) is 0. The van der Waals surface area contributed by atoms with E-state index >= 15 is 0 Å². The summed E-state index contributed by atoms with van der Waals surface area (Å²) in [6.07, 6.45) is -2.31. The van der Waals surface area contributed by atoms with Gasteiger partial charge in [0.05, 0.1) is 13.7 Å². The Hall–Kier alpha value is -2.05. The number of nitrogens with zero attached hydrogens (tertiary/aromatic N) is 1. The van der Waals surface area contributed by atoms with E-state index < -0.39 is 18.9 Å². The molecule has 3 nitrogen and oxygen atoms in total. The molecule has 2 aromatic rings. The molecule has 1 heterocycles. The van der Waals surface area contributed by atoms with E-state index in [9.17, 15) is 17.6 Å². The predicted molar refractivity (Wildman–Crippen MR) is 67.7 cm³/mol. The molecule has 0 atom stereocenters. The number of hydrogen-bond acceptors (Lipinski definition) is 3. The molecule has 1 aromatic heterocycles. The highest BCUT2D eigenvalue weighted by Crippen LogP contribution is 2.27. The van der Waals surface area contributed by atoms with Crippen molar-refractivity contribution in [3.05, 3.63) is 30.5 Å². The Balaban J connectivity index is 2.27. The fourth-order valence-electron chi connectivity index (χ4n) is 1.70. The number of benzene rings is 1. The summed E-state index contributed by atoms with van der Waals surface area (Å²) in [5, 5.41) is 3.53. The summed E-state index contributed by atoms with van der Waals surface area (Å²) in [4.78, 5) is 3.89. The first-order valence-electron chi connectivity index (χ1n) is 5.76. The van der Waals surface area contributed by atoms with Crippen molar-refractivity contribution in [2.75, 3.05) is 19.0 Å². The lowest BCUT2D eigenvalue weighted by Gasteiger charge is -2.17. The summed E-state index contributed by atoms with van der Waals surface area (Å²) in [5.74, 6) is -3.37. The lowest BCUT2D eigenvalue weighted by atomic mass is 10.1. The summed E-state index contributed by atoms with van der Waals surface area (Å²) in [6, 6.07) is 6.65. The fraction of sp³-hybridized carbons (Fsp3) is 0.308. The molecule has 0 radical (unpaired) electrons. The zero-order valence-corrected chi connectivity index (χ0v) is 10.5. The average molecular weight is 288 g/mol. The summed E-state index contributed by atoms with van der Waals surface area (Å²) in [6.45, 7) is -1.18. The molecule has 0 aliphatic rings. The fourth-order valence-corrected chi connectivity index (χ4v) is 1.70. The van der Waals surface area contributed by atoms with Crippen LogP contribution in [0, 0.1) is 0 Å². The smallest absolute Gasteiger partial charge is 0.324 e. The third-order valence-electron chi connectivity index (χ3n) is 2.78. The Morgan fingerprint density at radius 3 is 2.70 bits per heavy atom. The normalized spacial score (nSPS) is 11.9. The molecule has 0 saturated heterocycles. The number of fused-ring (bicyclic) bond motifs is 1. The molecule has 0 aliphatic carbocycles. The minimum Gasteiger partial charge on any atom is -0.497 e. The maximum atomic E-state index is 12.9. The number of pyridine rings is 1. The van der Waals surface area contributed by atoms with Gasteiger partial charge in [-0.3, -0.25) is 0 Å². The van der Waals surface area contributed by atoms with Gasteiger partial charge in [-0.2, -0.15) is 8.78 Å². The van der Waals surface area contributed by atoms with Crippen LogP contribution < -0.4 is 10.1 Å². The standard InChI is InChI=1S/C13H12F4N2O/c1-20-9-2-3-10-8(6-9)4-5-18-11(10)19-7-13(16,17)12(14)15/h2-6,12H,7H2,1H3,(H,18,19). The lowest BCUT2D eigenvalue weighted by Crippen LogP contribution is -2.35. The first-order chi connectivity index (χ1) is 9.44. The minimum absolute atomic E-state index is 0.130. The largest absolute Gasteiger partial charge is 0.497 e. The van der Waals surface area contributed by atoms with E-state index in [0.717, 1.165) is 0 Å². The van der Waals surface area contributed by atoms with Crippen LogP contribution in [0.4, 0.5) is 23.4 Å². The number of nitrogens with one attached hydrogen (secondary N) is 1. The van der Waals surface area contributed by atoms with Crippen LogP contribution in [0.15, 0.2) is 30.5 Å². The number of ether oxygens (including phenoxy) is 1. The Labute approximate surface area is 112 Å². The van der Waals surface area contributed by atoms with Gasteiger partial charge in [0, 0.05) is 11.6 Å². The third-order valence-corrected chi connectivity index (χ3v) is 2.78. The molecule has 2 rings (SSSR count). The molecule has 20 heavy (non-hydrogen) atoms. The first kappa shape index (κ1) is 14.4. The van der Waals surface area contributed by atoms with Crippen molar-refractivity contribution in [2.24, 2.45) is 0 Å². The van der Waals surface area contributed by atoms with Crippen molar-refractivity contribution in [1.82, 2.24) is 4.98 Å². The maximum absolute atomic E-state index is 12.9. The molecule has 0 aliphatic heterocycles. The summed E-state index contributed by atoms with van der Waals surface area (Å²) in [7, 11) is 1.50. The summed E-state index contributed by atoms with van der Waals surface area (Å²) < 4.78 is 55.0. The van der Waals surface area contributed by atoms with E-state index in [1.807, 2.05) is 0 Å². The molecule has 0 bridgehead atoms. The second kappa shape index (κ2) is 5.52. The molecule has 108 valence electrons.